The first-order valence-corrected chi connectivity index (χ1v) is 7.47. The van der Waals surface area contributed by atoms with Gasteiger partial charge < -0.3 is 0 Å². The summed E-state index contributed by atoms with van der Waals surface area (Å²) in [4.78, 5) is 1.57. The Hall–Kier alpha value is -0.430. The smallest absolute Gasteiger partial charge is 0.0207 e. The minimum absolute atomic E-state index is 0.602. The van der Waals surface area contributed by atoms with E-state index < -0.39 is 0 Å². The summed E-state index contributed by atoms with van der Waals surface area (Å²) < 4.78 is 0.602. The summed E-state index contributed by atoms with van der Waals surface area (Å²) >= 11 is 2.20. The number of hydrogen-bond donors (Lipinski definition) is 0. The van der Waals surface area contributed by atoms with Crippen LogP contribution in [-0.4, -0.2) is 4.75 Å². The molecular weight excluding hydrogens is 212 g/mol. The van der Waals surface area contributed by atoms with E-state index in [9.17, 15) is 0 Å². The van der Waals surface area contributed by atoms with Gasteiger partial charge in [0.2, 0.25) is 0 Å². The van der Waals surface area contributed by atoms with Gasteiger partial charge in [0, 0.05) is 9.64 Å². The molecule has 1 fully saturated rings. The molecule has 0 radical (unpaired) electrons. The number of hydrogen-bond acceptors (Lipinski definition) is 1. The Kier molecular flexibility index (Phi) is 2.97. The second-order valence-electron chi connectivity index (χ2n) is 5.31. The number of thioether (sulfide) groups is 1. The van der Waals surface area contributed by atoms with Crippen LogP contribution in [0.3, 0.4) is 0 Å². The zero-order chi connectivity index (χ0) is 10.8. The molecule has 1 spiro atoms. The molecule has 0 saturated heterocycles. The molecule has 86 valence electrons. The molecule has 0 nitrogen and oxygen atoms in total. The Morgan fingerprint density at radius 3 is 2.50 bits per heavy atom. The number of rotatable bonds is 0. The second-order valence-corrected chi connectivity index (χ2v) is 6.82. The average Bonchev–Trinajstić information content (AvgIpc) is 2.49. The van der Waals surface area contributed by atoms with Crippen molar-refractivity contribution < 1.29 is 0 Å². The fourth-order valence-corrected chi connectivity index (χ4v) is 4.90. The zero-order valence-corrected chi connectivity index (χ0v) is 10.7. The van der Waals surface area contributed by atoms with E-state index >= 15 is 0 Å². The van der Waals surface area contributed by atoms with Gasteiger partial charge in [-0.15, -0.1) is 11.8 Å². The van der Waals surface area contributed by atoms with Crippen molar-refractivity contribution in [3.63, 3.8) is 0 Å². The van der Waals surface area contributed by atoms with E-state index in [-0.39, 0.29) is 0 Å². The first kappa shape index (κ1) is 10.7. The maximum absolute atomic E-state index is 2.33. The van der Waals surface area contributed by atoms with E-state index in [1.807, 2.05) is 0 Å². The summed E-state index contributed by atoms with van der Waals surface area (Å²) in [6, 6.07) is 9.05. The van der Waals surface area contributed by atoms with Crippen LogP contribution in [0, 0.1) is 0 Å². The molecule has 1 aliphatic carbocycles. The standard InChI is InChI=1S/C15H20S/c1-4-10-15(11-5-1)12-6-8-13-7-2-3-9-14(13)16-15/h2-3,7,9H,1,4-6,8,10-12H2. The normalized spacial score (nSPS) is 23.8. The summed E-state index contributed by atoms with van der Waals surface area (Å²) in [6.45, 7) is 0. The third-order valence-corrected chi connectivity index (χ3v) is 5.81. The monoisotopic (exact) mass is 232 g/mol. The maximum Gasteiger partial charge on any atom is 0.0207 e. The highest BCUT2D eigenvalue weighted by Gasteiger charge is 2.34. The molecule has 16 heavy (non-hydrogen) atoms. The quantitative estimate of drug-likeness (QED) is 0.618. The molecule has 0 amide bonds. The van der Waals surface area contributed by atoms with Crippen molar-refractivity contribution in [2.45, 2.75) is 61.0 Å². The van der Waals surface area contributed by atoms with Crippen molar-refractivity contribution in [3.8, 4) is 0 Å². The molecule has 1 saturated carbocycles. The van der Waals surface area contributed by atoms with Gasteiger partial charge in [-0.2, -0.15) is 0 Å². The maximum atomic E-state index is 2.33. The van der Waals surface area contributed by atoms with Crippen molar-refractivity contribution in [2.75, 3.05) is 0 Å². The molecule has 1 aromatic carbocycles. The molecule has 1 heteroatoms. The van der Waals surface area contributed by atoms with E-state index in [1.54, 1.807) is 10.5 Å². The largest absolute Gasteiger partial charge is 0.119 e. The number of fused-ring (bicyclic) bond motifs is 1. The lowest BCUT2D eigenvalue weighted by Crippen LogP contribution is -2.26. The SMILES string of the molecule is c1ccc2c(c1)CCCC1(CCCCC1)S2. The summed E-state index contributed by atoms with van der Waals surface area (Å²) in [7, 11) is 0. The van der Waals surface area contributed by atoms with Gasteiger partial charge in [-0.25, -0.2) is 0 Å². The highest BCUT2D eigenvalue weighted by Crippen LogP contribution is 2.49. The lowest BCUT2D eigenvalue weighted by molar-refractivity contribution is 0.373. The molecule has 1 heterocycles. The molecule has 0 atom stereocenters. The third kappa shape index (κ3) is 2.02. The number of aryl methyl sites for hydroxylation is 1. The molecule has 0 bridgehead atoms. The van der Waals surface area contributed by atoms with Gasteiger partial charge in [-0.1, -0.05) is 37.5 Å². The highest BCUT2D eigenvalue weighted by atomic mass is 32.2. The van der Waals surface area contributed by atoms with Crippen molar-refractivity contribution in [1.82, 2.24) is 0 Å². The summed E-state index contributed by atoms with van der Waals surface area (Å²) in [5, 5.41) is 0. The van der Waals surface area contributed by atoms with Crippen LogP contribution in [0.1, 0.15) is 50.5 Å². The van der Waals surface area contributed by atoms with Crippen molar-refractivity contribution in [1.29, 1.82) is 0 Å². The first-order chi connectivity index (χ1) is 7.88. The number of benzene rings is 1. The van der Waals surface area contributed by atoms with Crippen LogP contribution in [0.5, 0.6) is 0 Å². The van der Waals surface area contributed by atoms with Crippen LogP contribution < -0.4 is 0 Å². The van der Waals surface area contributed by atoms with Crippen LogP contribution in [0.4, 0.5) is 0 Å². The van der Waals surface area contributed by atoms with E-state index in [2.05, 4.69) is 36.0 Å². The molecule has 0 unspecified atom stereocenters. The van der Waals surface area contributed by atoms with Gasteiger partial charge in [-0.3, -0.25) is 0 Å². The van der Waals surface area contributed by atoms with Crippen LogP contribution in [-0.2, 0) is 6.42 Å². The van der Waals surface area contributed by atoms with E-state index in [1.165, 1.54) is 51.4 Å². The van der Waals surface area contributed by atoms with Gasteiger partial charge >= 0.3 is 0 Å². The average molecular weight is 232 g/mol. The lowest BCUT2D eigenvalue weighted by Gasteiger charge is -2.36. The van der Waals surface area contributed by atoms with Crippen LogP contribution in [0.2, 0.25) is 0 Å². The van der Waals surface area contributed by atoms with Gasteiger partial charge in [0.1, 0.15) is 0 Å². The minimum atomic E-state index is 0.602. The van der Waals surface area contributed by atoms with Crippen LogP contribution >= 0.6 is 11.8 Å². The van der Waals surface area contributed by atoms with E-state index in [4.69, 9.17) is 0 Å². The topological polar surface area (TPSA) is 0 Å². The Balaban J connectivity index is 1.89. The fourth-order valence-electron chi connectivity index (χ4n) is 3.24. The molecule has 0 N–H and O–H groups in total. The fraction of sp³-hybridized carbons (Fsp3) is 0.600. The van der Waals surface area contributed by atoms with Gasteiger partial charge in [-0.05, 0) is 43.7 Å². The van der Waals surface area contributed by atoms with E-state index in [0.29, 0.717) is 4.75 Å². The van der Waals surface area contributed by atoms with Crippen LogP contribution in [0.15, 0.2) is 29.2 Å². The Morgan fingerprint density at radius 1 is 0.875 bits per heavy atom. The molecule has 1 aromatic rings. The molecule has 1 aliphatic heterocycles. The molecule has 3 rings (SSSR count). The predicted octanol–water partition coefficient (Wildman–Crippen LogP) is 4.82. The highest BCUT2D eigenvalue weighted by molar-refractivity contribution is 8.00. The third-order valence-electron chi connectivity index (χ3n) is 4.14. The van der Waals surface area contributed by atoms with Crippen molar-refractivity contribution >= 4 is 11.8 Å². The summed E-state index contributed by atoms with van der Waals surface area (Å²) in [5.74, 6) is 0. The Bertz CT molecular complexity index is 363. The summed E-state index contributed by atoms with van der Waals surface area (Å²) in [6.07, 6.45) is 11.4. The molecular formula is C15H20S. The van der Waals surface area contributed by atoms with Gasteiger partial charge in [0.25, 0.3) is 0 Å². The Morgan fingerprint density at radius 2 is 1.62 bits per heavy atom. The van der Waals surface area contributed by atoms with Gasteiger partial charge in [0.15, 0.2) is 0 Å². The van der Waals surface area contributed by atoms with Crippen LogP contribution in [0.25, 0.3) is 0 Å². The molecule has 2 aliphatic rings. The second kappa shape index (κ2) is 4.44. The van der Waals surface area contributed by atoms with Gasteiger partial charge in [0.05, 0.1) is 0 Å². The van der Waals surface area contributed by atoms with Crippen molar-refractivity contribution in [3.05, 3.63) is 29.8 Å². The van der Waals surface area contributed by atoms with Crippen molar-refractivity contribution in [2.24, 2.45) is 0 Å². The van der Waals surface area contributed by atoms with E-state index in [0.717, 1.165) is 0 Å². The first-order valence-electron chi connectivity index (χ1n) is 6.65. The summed E-state index contributed by atoms with van der Waals surface area (Å²) in [5.41, 5.74) is 1.59. The Labute approximate surface area is 103 Å². The zero-order valence-electron chi connectivity index (χ0n) is 9.87. The predicted molar refractivity (Wildman–Crippen MR) is 71.1 cm³/mol. The lowest BCUT2D eigenvalue weighted by atomic mass is 9.84. The minimum Gasteiger partial charge on any atom is -0.119 e. The molecule has 0 aromatic heterocycles.